The number of aliphatic hydroxyl groups excluding tert-OH is 25. The van der Waals surface area contributed by atoms with Gasteiger partial charge in [0.2, 0.25) is 5.79 Å². The molecule has 0 aliphatic carbocycles. The van der Waals surface area contributed by atoms with Crippen LogP contribution in [0.4, 0.5) is 4.72 Å². The van der Waals surface area contributed by atoms with E-state index in [1.807, 2.05) is 0 Å². The minimum Gasteiger partial charge on any atom is -0.848 e. The average Bonchev–Trinajstić information content (AvgIpc) is 0.725. The van der Waals surface area contributed by atoms with Gasteiger partial charge in [-0.1, -0.05) is 55.1 Å². The molecule has 49 heteroatoms. The third kappa shape index (κ3) is 26.3. The number of aliphatic carboxylic acids is 2. The molecule has 0 aromatic carbocycles. The van der Waals surface area contributed by atoms with Crippen LogP contribution in [0.25, 0.3) is 0 Å². The zero-order valence-corrected chi connectivity index (χ0v) is 69.5. The molecule has 0 radical (unpaired) electrons. The number of hydrogen-bond acceptors (Lipinski definition) is 47. The maximum absolute atomic E-state index is 13.6. The quantitative estimate of drug-likeness (QED) is 0.0346. The van der Waals surface area contributed by atoms with Gasteiger partial charge in [0.25, 0.3) is 7.24 Å². The number of rotatable bonds is 28. The molecule has 123 heavy (non-hydrogen) atoms. The molecule has 17 unspecified atom stereocenters. The molecule has 9 saturated heterocycles. The van der Waals surface area contributed by atoms with Crippen molar-refractivity contribution >= 4 is 11.9 Å². The lowest BCUT2D eigenvalue weighted by molar-refractivity contribution is -0.504. The van der Waals surface area contributed by atoms with Crippen molar-refractivity contribution in [3.05, 3.63) is 0 Å². The van der Waals surface area contributed by atoms with Gasteiger partial charge in [-0.2, -0.15) is 0 Å². The van der Waals surface area contributed by atoms with E-state index in [4.69, 9.17) is 100 Å². The number of hydrogen-bond donors (Lipinski definition) is 26. The van der Waals surface area contributed by atoms with E-state index >= 15 is 0 Å². The highest BCUT2D eigenvalue weighted by atomic mass is 19.0. The maximum atomic E-state index is 13.6. The fourth-order valence-electron chi connectivity index (χ4n) is 15.3. The summed E-state index contributed by atoms with van der Waals surface area (Å²) in [7, 11) is 4.20. The highest BCUT2D eigenvalue weighted by Crippen LogP contribution is 2.44. The fourth-order valence-corrected chi connectivity index (χ4v) is 15.3. The number of methoxy groups -OCH3 is 3. The Kier molecular flexibility index (Phi) is 44.1. The Labute approximate surface area is 711 Å². The minimum absolute atomic E-state index is 0. The van der Waals surface area contributed by atoms with Gasteiger partial charge in [0, 0.05) is 71.1 Å². The second-order valence-corrected chi connectivity index (χ2v) is 32.8. The van der Waals surface area contributed by atoms with Crippen molar-refractivity contribution < 1.29 is 244 Å². The first kappa shape index (κ1) is 111. The second kappa shape index (κ2) is 49.0. The van der Waals surface area contributed by atoms with Crippen molar-refractivity contribution in [3.8, 4) is 0 Å². The van der Waals surface area contributed by atoms with Gasteiger partial charge >= 0.3 is 5.97 Å². The highest BCUT2D eigenvalue weighted by molar-refractivity contribution is 5.76. The molecule has 9 heterocycles. The van der Waals surface area contributed by atoms with Crippen molar-refractivity contribution in [1.29, 1.82) is 1.45 Å². The van der Waals surface area contributed by atoms with Crippen molar-refractivity contribution in [2.75, 3.05) is 74.2 Å². The van der Waals surface area contributed by atoms with Crippen LogP contribution in [0.1, 0.15) is 90.9 Å². The van der Waals surface area contributed by atoms with Gasteiger partial charge in [-0.3, -0.25) is 4.72 Å². The van der Waals surface area contributed by atoms with Crippen LogP contribution >= 0.6 is 0 Å². The topological polar surface area (TPSA) is 772 Å². The lowest BCUT2D eigenvalue weighted by Gasteiger charge is -2.54. The van der Waals surface area contributed by atoms with Crippen LogP contribution in [-0.4, -0.2) is 477 Å². The molecule has 0 amide bonds. The number of halogens is 1. The highest BCUT2D eigenvalue weighted by Gasteiger charge is 2.61. The number of carbonyl (C=O) groups excluding carboxylic acids is 1. The van der Waals surface area contributed by atoms with Crippen LogP contribution in [0, 0.1) is 35.5 Å². The first-order valence-corrected chi connectivity index (χ1v) is 39.7. The molecule has 9 aliphatic rings. The number of carboxylic acids is 2. The lowest BCUT2D eigenvalue weighted by atomic mass is 9.84. The molecule has 48 nitrogen and oxygen atoms in total. The van der Waals surface area contributed by atoms with Crippen molar-refractivity contribution in [1.82, 2.24) is 0 Å². The van der Waals surface area contributed by atoms with Gasteiger partial charge in [-0.15, -0.1) is 0 Å². The molecule has 0 saturated carbocycles. The van der Waals surface area contributed by atoms with Gasteiger partial charge in [-0.05, 0) is 27.7 Å². The van der Waals surface area contributed by atoms with Crippen LogP contribution in [0.15, 0.2) is 0 Å². The first-order valence-electron chi connectivity index (χ1n) is 40.0. The summed E-state index contributed by atoms with van der Waals surface area (Å²) >= 11 is 0. The van der Waals surface area contributed by atoms with Gasteiger partial charge in [0.1, 0.15) is 128 Å². The van der Waals surface area contributed by atoms with Gasteiger partial charge < -0.3 is 233 Å². The van der Waals surface area contributed by atoms with Gasteiger partial charge in [0.05, 0.1) is 126 Å². The standard InChI is InChI=1S/C33H57O21.C18H32O12.C14H26O10.C8H16O5.CH4.FH.H2/c1-11-14(37)7-33(31(45)46,52-24(11)19(40)15(38)8-34)53-27-20(41)16(9-35)48-30(23(27)44)50-25-12(2)28(54-32(4,5)6)49-17(10-36)26(25)51-29-22(43)21(42)18(39)13(3)47-29;1-7-9(20)4-18(17(25)26,30-15(7)13(23)10(21)5-19)28-6-11-14(24)12(22)8(2)16(27-3)29-11;1-5-12(9(18)7(4-16)22-13(5)21-2)24-14-11(20)10(19)8(17)6(3-15)23-14;1-4-6(10)7(11)5(3-9)13-8(4)12-2;;;/h11-30,34-40,42-44H,7-10H2,1-6H3,(H,45,46);7-16,19-24H,4-6H2,1-3H3,(H,25,26);5-20H,3-4H2,1-2H3;4-11H,3H2,1-2H3;1H4;2*1H/q-1;;;;;;/p-1/t11-,12?,13?,14-,15-,16?,17?,18-,19-,20+,21+,22?,23?,24?,25-,26-,27+,28?,29+,30+,33+;7-,8?,9-,10-,11?,12-,13-,14+,15?,16+,18-;5?,6?,7?,8-,9-,10-,11?,12+,13-,14-;4?,5?,6-,7+,8+;;;/m1101.../s1/i;;;;;;1+2/hT. The summed E-state index contributed by atoms with van der Waals surface area (Å²) in [5.41, 5.74) is -0.820. The molecule has 0 bridgehead atoms. The van der Waals surface area contributed by atoms with Crippen LogP contribution in [-0.2, 0) is 94.9 Å². The zero-order valence-electron chi connectivity index (χ0n) is 70.5. The van der Waals surface area contributed by atoms with Crippen LogP contribution in [0.3, 0.4) is 0 Å². The summed E-state index contributed by atoms with van der Waals surface area (Å²) in [4.78, 5) is 24.7. The van der Waals surface area contributed by atoms with Gasteiger partial charge in [-0.25, -0.2) is 4.79 Å². The molecule has 0 spiro atoms. The molecule has 26 N–H and O–H groups in total. The lowest BCUT2D eigenvalue weighted by Crippen LogP contribution is -2.70. The maximum Gasteiger partial charge on any atom is 0.364 e. The normalized spacial score (nSPS) is 46.4. The predicted octanol–water partition coefficient (Wildman–Crippen LogP) is -13.8. The first-order chi connectivity index (χ1) is 57.5. The Morgan fingerprint density at radius 2 is 0.797 bits per heavy atom. The largest absolute Gasteiger partial charge is 0.848 e. The average molecular weight is 1820 g/mol. The summed E-state index contributed by atoms with van der Waals surface area (Å²) in [6.45, 7) is 10.6. The van der Waals surface area contributed by atoms with Crippen LogP contribution in [0.5, 0.6) is 0 Å². The Morgan fingerprint density at radius 1 is 0.439 bits per heavy atom. The van der Waals surface area contributed by atoms with E-state index in [9.17, 15) is 142 Å². The number of carboxylic acid groups (broad SMARTS) is 2. The van der Waals surface area contributed by atoms with E-state index in [2.05, 4.69) is 1.45 Å². The summed E-state index contributed by atoms with van der Waals surface area (Å²) < 4.78 is 113. The molecule has 9 rings (SSSR count). The van der Waals surface area contributed by atoms with Crippen molar-refractivity contribution in [2.24, 2.45) is 35.5 Å². The third-order valence-electron chi connectivity index (χ3n) is 23.1. The number of aliphatic hydroxyl groups is 25. The Balaban J connectivity index is 0.000000477. The second-order valence-electron chi connectivity index (χ2n) is 32.8. The van der Waals surface area contributed by atoms with Crippen LogP contribution < -0.4 is 10.2 Å². The molecular formula is C74H137FO48-2. The molecule has 0 aromatic rings. The summed E-state index contributed by atoms with van der Waals surface area (Å²) in [5, 5.41) is 286. The SMILES string of the molecule is C.CC1O[C@@H](O[C@@H]2C(CO)OC(OC(C)(C)C)C(C)[C@H]2O[C@@H]2OC(CO)[C@H]([O-])[C@H](O[C@]3(C(=O)O)C[C@@H](O)[C@@H](C)C([C@H](O)[C@H](O)CO)O3)C2O)C(O)[C@@H](O)[C@@H]1O.CO[C@H]1OC(CO)[C@H](O)[C@H](O)C1C.CO[C@H]1OC(CO)[C@H](O)[C@H](O[C@@H]2OC(CO)[C@H](O)[C@H](O)C2O)C1C.CO[C@H]1OC(CO[C@]2(C(=O)[O-])C[C@@H](O)[C@@H](C)C([C@H](O)[C@H](O)CO)O2)[C@H](O)[C@H](O)C1C.[3HH].[3H]F. The van der Waals surface area contributed by atoms with E-state index in [0.29, 0.717) is 0 Å². The summed E-state index contributed by atoms with van der Waals surface area (Å²) in [5.74, 6) is -13.3. The van der Waals surface area contributed by atoms with Gasteiger partial charge in [0.15, 0.2) is 44.0 Å². The fraction of sp³-hybridized carbons (Fsp3) is 0.973. The van der Waals surface area contributed by atoms with E-state index in [1.54, 1.807) is 48.5 Å². The smallest absolute Gasteiger partial charge is 0.364 e. The van der Waals surface area contributed by atoms with E-state index < -0.39 is 357 Å². The summed E-state index contributed by atoms with van der Waals surface area (Å²) in [6.07, 6.45) is -56.6. The summed E-state index contributed by atoms with van der Waals surface area (Å²) in [6, 6.07) is 0. The Hall–Kier alpha value is -2.89. The monoisotopic (exact) mass is 1820 g/mol. The van der Waals surface area contributed by atoms with Crippen molar-refractivity contribution in [2.45, 2.75) is 346 Å². The predicted molar refractivity (Wildman–Crippen MR) is 399 cm³/mol. The molecule has 9 fully saturated rings. The third-order valence-corrected chi connectivity index (χ3v) is 23.1. The number of carbonyl (C=O) groups is 2. The number of ether oxygens (including phenoxy) is 18. The van der Waals surface area contributed by atoms with Crippen LogP contribution in [0.2, 0.25) is 0 Å². The van der Waals surface area contributed by atoms with E-state index in [0.717, 1.165) is 0 Å². The molecule has 0 aromatic heterocycles. The Bertz CT molecular complexity index is 3010. The Morgan fingerprint density at radius 3 is 1.24 bits per heavy atom. The zero-order chi connectivity index (χ0) is 93.4. The van der Waals surface area contributed by atoms with E-state index in [-0.39, 0.29) is 21.4 Å². The minimum atomic E-state index is -2.93. The van der Waals surface area contributed by atoms with Crippen molar-refractivity contribution in [3.63, 3.8) is 0 Å². The molecular weight excluding hydrogens is 1680 g/mol. The molecule has 9 aliphatic heterocycles. The molecule has 730 valence electrons. The van der Waals surface area contributed by atoms with E-state index in [1.165, 1.54) is 42.1 Å². The molecule has 47 atom stereocenters.